The van der Waals surface area contributed by atoms with Gasteiger partial charge in [-0.15, -0.1) is 11.3 Å². The number of anilines is 2. The van der Waals surface area contributed by atoms with Crippen LogP contribution in [0, 0.1) is 0 Å². The molecule has 1 aromatic heterocycles. The summed E-state index contributed by atoms with van der Waals surface area (Å²) in [6.07, 6.45) is -0.593. The number of primary amides is 1. The van der Waals surface area contributed by atoms with Crippen molar-refractivity contribution in [2.75, 3.05) is 16.8 Å². The van der Waals surface area contributed by atoms with Gasteiger partial charge in [-0.2, -0.15) is 0 Å². The summed E-state index contributed by atoms with van der Waals surface area (Å²) in [5.41, 5.74) is 7.94. The highest BCUT2D eigenvalue weighted by molar-refractivity contribution is 7.13. The zero-order valence-corrected chi connectivity index (χ0v) is 18.2. The third kappa shape index (κ3) is 3.64. The second-order valence-electron chi connectivity index (χ2n) is 7.74. The lowest BCUT2D eigenvalue weighted by Gasteiger charge is -2.40. The van der Waals surface area contributed by atoms with Crippen molar-refractivity contribution in [1.29, 1.82) is 0 Å². The summed E-state index contributed by atoms with van der Waals surface area (Å²) in [7, 11) is 0. The van der Waals surface area contributed by atoms with Gasteiger partial charge in [0.1, 0.15) is 6.17 Å². The van der Waals surface area contributed by atoms with E-state index in [1.807, 2.05) is 12.1 Å². The first-order chi connectivity index (χ1) is 15.9. The fraction of sp³-hybridized carbons (Fsp3) is 0.174. The summed E-state index contributed by atoms with van der Waals surface area (Å²) in [5.74, 6) is -1.24. The lowest BCUT2D eigenvalue weighted by Crippen LogP contribution is -2.48. The molecule has 4 amide bonds. The largest absolute Gasteiger partial charge is 0.369 e. The van der Waals surface area contributed by atoms with Crippen LogP contribution in [-0.4, -0.2) is 40.1 Å². The van der Waals surface area contributed by atoms with E-state index < -0.39 is 12.1 Å². The molecule has 1 atom stereocenters. The highest BCUT2D eigenvalue weighted by Crippen LogP contribution is 2.45. The lowest BCUT2D eigenvalue weighted by atomic mass is 10.0. The number of hydrogen-bond acceptors (Lipinski definition) is 6. The Balaban J connectivity index is 1.38. The fourth-order valence-electron chi connectivity index (χ4n) is 4.23. The molecular formula is C23H19N5O4S. The van der Waals surface area contributed by atoms with E-state index in [1.54, 1.807) is 51.6 Å². The number of nitrogens with one attached hydrogen (secondary N) is 1. The van der Waals surface area contributed by atoms with Gasteiger partial charge in [0.2, 0.25) is 11.8 Å². The minimum Gasteiger partial charge on any atom is -0.369 e. The summed E-state index contributed by atoms with van der Waals surface area (Å²) >= 11 is 1.19. The van der Waals surface area contributed by atoms with Crippen molar-refractivity contribution >= 4 is 45.8 Å². The van der Waals surface area contributed by atoms with Crippen LogP contribution in [-0.2, 0) is 16.0 Å². The number of nitrogens with zero attached hydrogens (tertiary/aromatic N) is 3. The Labute approximate surface area is 192 Å². The molecule has 5 rings (SSSR count). The molecular weight excluding hydrogens is 442 g/mol. The van der Waals surface area contributed by atoms with Crippen LogP contribution in [0.25, 0.3) is 0 Å². The van der Waals surface area contributed by atoms with Crippen LogP contribution in [0.5, 0.6) is 0 Å². The van der Waals surface area contributed by atoms with Crippen molar-refractivity contribution < 1.29 is 19.2 Å². The van der Waals surface area contributed by atoms with Crippen LogP contribution < -0.4 is 16.0 Å². The topological polar surface area (TPSA) is 126 Å². The molecule has 3 heterocycles. The maximum absolute atomic E-state index is 13.4. The number of fused-ring (bicyclic) bond motifs is 5. The van der Waals surface area contributed by atoms with E-state index in [9.17, 15) is 19.2 Å². The van der Waals surface area contributed by atoms with Crippen LogP contribution in [0.1, 0.15) is 44.6 Å². The Morgan fingerprint density at radius 3 is 2.55 bits per heavy atom. The molecule has 0 spiro atoms. The van der Waals surface area contributed by atoms with E-state index in [1.165, 1.54) is 11.3 Å². The van der Waals surface area contributed by atoms with Crippen LogP contribution in [0.15, 0.2) is 53.9 Å². The van der Waals surface area contributed by atoms with Gasteiger partial charge in [-0.25, -0.2) is 4.98 Å². The highest BCUT2D eigenvalue weighted by atomic mass is 32.1. The zero-order chi connectivity index (χ0) is 23.1. The molecule has 2 aliphatic rings. The number of aromatic nitrogens is 1. The second kappa shape index (κ2) is 8.14. The van der Waals surface area contributed by atoms with E-state index in [0.29, 0.717) is 27.6 Å². The predicted molar refractivity (Wildman–Crippen MR) is 122 cm³/mol. The number of benzene rings is 2. The summed E-state index contributed by atoms with van der Waals surface area (Å²) in [6, 6.07) is 14.2. The first kappa shape index (κ1) is 20.8. The first-order valence-electron chi connectivity index (χ1n) is 10.3. The van der Waals surface area contributed by atoms with Gasteiger partial charge in [0.05, 0.1) is 23.4 Å². The van der Waals surface area contributed by atoms with Crippen molar-refractivity contribution in [3.63, 3.8) is 0 Å². The standard InChI is InChI=1S/C23H19N5O4S/c24-18(29)11-13-12-33-23(25-13)26-19(30)9-10-27-20-14-5-1-2-6-15(14)22(32)28(20)17-8-4-3-7-16(17)21(27)31/h1-8,12,20H,9-11H2,(H2,24,29)(H,25,26,30)/t20-/m0/s1. The first-order valence-corrected chi connectivity index (χ1v) is 11.2. The van der Waals surface area contributed by atoms with Crippen molar-refractivity contribution in [2.24, 2.45) is 5.73 Å². The van der Waals surface area contributed by atoms with Gasteiger partial charge in [-0.1, -0.05) is 30.3 Å². The molecule has 3 aromatic rings. The van der Waals surface area contributed by atoms with Gasteiger partial charge in [0.25, 0.3) is 11.8 Å². The van der Waals surface area contributed by atoms with Crippen molar-refractivity contribution in [3.05, 3.63) is 76.3 Å². The van der Waals surface area contributed by atoms with Gasteiger partial charge in [0.15, 0.2) is 5.13 Å². The van der Waals surface area contributed by atoms with Crippen LogP contribution in [0.2, 0.25) is 0 Å². The molecule has 0 saturated heterocycles. The maximum atomic E-state index is 13.4. The Hall–Kier alpha value is -4.05. The minimum absolute atomic E-state index is 0.000981. The minimum atomic E-state index is -0.606. The molecule has 166 valence electrons. The monoisotopic (exact) mass is 461 g/mol. The molecule has 0 aliphatic carbocycles. The number of carbonyl (C=O) groups is 4. The number of amides is 4. The zero-order valence-electron chi connectivity index (χ0n) is 17.4. The van der Waals surface area contributed by atoms with Crippen molar-refractivity contribution in [3.8, 4) is 0 Å². The fourth-order valence-corrected chi connectivity index (χ4v) is 4.95. The number of carbonyl (C=O) groups excluding carboxylic acids is 4. The van der Waals surface area contributed by atoms with Gasteiger partial charge in [0, 0.05) is 29.5 Å². The average molecular weight is 462 g/mol. The number of thiazole rings is 1. The summed E-state index contributed by atoms with van der Waals surface area (Å²) < 4.78 is 0. The number of para-hydroxylation sites is 1. The summed E-state index contributed by atoms with van der Waals surface area (Å²) in [4.78, 5) is 57.5. The Kier molecular flexibility index (Phi) is 5.14. The van der Waals surface area contributed by atoms with Gasteiger partial charge in [-0.05, 0) is 18.2 Å². The third-order valence-electron chi connectivity index (χ3n) is 5.62. The normalized spacial score (nSPS) is 16.3. The average Bonchev–Trinajstić information content (AvgIpc) is 3.35. The van der Waals surface area contributed by atoms with Crippen molar-refractivity contribution in [1.82, 2.24) is 9.88 Å². The van der Waals surface area contributed by atoms with Crippen LogP contribution >= 0.6 is 11.3 Å². The lowest BCUT2D eigenvalue weighted by molar-refractivity contribution is -0.117. The van der Waals surface area contributed by atoms with E-state index >= 15 is 0 Å². The van der Waals surface area contributed by atoms with Gasteiger partial charge < -0.3 is 16.0 Å². The number of nitrogens with two attached hydrogens (primary N) is 1. The molecule has 0 unspecified atom stereocenters. The third-order valence-corrected chi connectivity index (χ3v) is 6.42. The van der Waals surface area contributed by atoms with E-state index in [0.717, 1.165) is 5.56 Å². The van der Waals surface area contributed by atoms with Crippen LogP contribution in [0.3, 0.4) is 0 Å². The SMILES string of the molecule is NC(=O)Cc1csc(NC(=O)CCN2C(=O)c3ccccc3N3C(=O)c4ccccc4[C@@H]23)n1. The molecule has 2 aromatic carbocycles. The Morgan fingerprint density at radius 2 is 1.76 bits per heavy atom. The van der Waals surface area contributed by atoms with Crippen molar-refractivity contribution in [2.45, 2.75) is 19.0 Å². The molecule has 0 fully saturated rings. The summed E-state index contributed by atoms with van der Waals surface area (Å²) in [6.45, 7) is 0.112. The highest BCUT2D eigenvalue weighted by Gasteiger charge is 2.47. The molecule has 3 N–H and O–H groups in total. The molecule has 0 bridgehead atoms. The molecule has 10 heteroatoms. The van der Waals surface area contributed by atoms with Gasteiger partial charge in [-0.3, -0.25) is 24.1 Å². The van der Waals surface area contributed by atoms with Gasteiger partial charge >= 0.3 is 0 Å². The smallest absolute Gasteiger partial charge is 0.260 e. The number of hydrogen-bond donors (Lipinski definition) is 2. The second-order valence-corrected chi connectivity index (χ2v) is 8.60. The predicted octanol–water partition coefficient (Wildman–Crippen LogP) is 2.31. The Morgan fingerprint density at radius 1 is 1.03 bits per heavy atom. The molecule has 33 heavy (non-hydrogen) atoms. The maximum Gasteiger partial charge on any atom is 0.260 e. The van der Waals surface area contributed by atoms with Crippen LogP contribution in [0.4, 0.5) is 10.8 Å². The summed E-state index contributed by atoms with van der Waals surface area (Å²) in [5, 5.41) is 4.71. The van der Waals surface area contributed by atoms with E-state index in [4.69, 9.17) is 5.73 Å². The molecule has 9 nitrogen and oxygen atoms in total. The van der Waals surface area contributed by atoms with E-state index in [-0.39, 0.29) is 37.1 Å². The van der Waals surface area contributed by atoms with E-state index in [2.05, 4.69) is 10.3 Å². The molecule has 2 aliphatic heterocycles. The Bertz CT molecular complexity index is 1300. The molecule has 0 saturated carbocycles. The quantitative estimate of drug-likeness (QED) is 0.583. The number of rotatable bonds is 6. The molecule has 0 radical (unpaired) electrons.